The van der Waals surface area contributed by atoms with Crippen molar-refractivity contribution < 1.29 is 14.3 Å². The number of ether oxygens (including phenoxy) is 1. The Morgan fingerprint density at radius 3 is 2.50 bits per heavy atom. The van der Waals surface area contributed by atoms with Crippen molar-refractivity contribution in [2.24, 2.45) is 5.41 Å². The number of nitrogens with zero attached hydrogens (tertiary/aromatic N) is 2. The van der Waals surface area contributed by atoms with E-state index in [4.69, 9.17) is 4.74 Å². The van der Waals surface area contributed by atoms with E-state index in [1.165, 1.54) is 4.90 Å². The number of hydrogen-bond donors (Lipinski definition) is 1. The Morgan fingerprint density at radius 1 is 1.10 bits per heavy atom. The fourth-order valence-electron chi connectivity index (χ4n) is 4.88. The molecule has 1 aromatic heterocycles. The van der Waals surface area contributed by atoms with Gasteiger partial charge in [0.2, 0.25) is 0 Å². The van der Waals surface area contributed by atoms with Gasteiger partial charge in [-0.1, -0.05) is 26.0 Å². The van der Waals surface area contributed by atoms with Crippen LogP contribution in [0.4, 0.5) is 0 Å². The zero-order valence-electron chi connectivity index (χ0n) is 17.4. The first kappa shape index (κ1) is 18.9. The van der Waals surface area contributed by atoms with Crippen LogP contribution in [0.1, 0.15) is 59.4 Å². The minimum absolute atomic E-state index is 0.0598. The summed E-state index contributed by atoms with van der Waals surface area (Å²) in [6.07, 6.45) is 4.14. The number of nitrogens with one attached hydrogen (secondary N) is 1. The highest BCUT2D eigenvalue weighted by Crippen LogP contribution is 2.43. The van der Waals surface area contributed by atoms with Gasteiger partial charge in [0.1, 0.15) is 11.9 Å². The molecule has 1 aliphatic carbocycles. The molecule has 0 saturated heterocycles. The number of rotatable bonds is 3. The highest BCUT2D eigenvalue weighted by atomic mass is 16.5. The van der Waals surface area contributed by atoms with Gasteiger partial charge < -0.3 is 4.74 Å². The largest absolute Gasteiger partial charge is 0.490 e. The summed E-state index contributed by atoms with van der Waals surface area (Å²) < 4.78 is 6.40. The van der Waals surface area contributed by atoms with E-state index in [9.17, 15) is 9.59 Å². The third-order valence-corrected chi connectivity index (χ3v) is 6.77. The van der Waals surface area contributed by atoms with Gasteiger partial charge in [-0.2, -0.15) is 5.10 Å². The number of aromatic nitrogens is 2. The van der Waals surface area contributed by atoms with Crippen molar-refractivity contribution >= 4 is 22.7 Å². The highest BCUT2D eigenvalue weighted by Gasteiger charge is 2.48. The highest BCUT2D eigenvalue weighted by molar-refractivity contribution is 6.21. The molecule has 30 heavy (non-hydrogen) atoms. The maximum Gasteiger partial charge on any atom is 0.261 e. The molecule has 2 aliphatic rings. The number of carbonyl (C=O) groups excluding carboxylic acids is 2. The average Bonchev–Trinajstić information content (AvgIpc) is 3.30. The summed E-state index contributed by atoms with van der Waals surface area (Å²) in [5.41, 5.74) is 2.86. The van der Waals surface area contributed by atoms with Gasteiger partial charge in [-0.05, 0) is 49.4 Å². The molecule has 5 rings (SSSR count). The molecule has 1 aliphatic heterocycles. The van der Waals surface area contributed by atoms with E-state index in [0.717, 1.165) is 35.1 Å². The summed E-state index contributed by atoms with van der Waals surface area (Å²) in [6, 6.07) is 10.8. The van der Waals surface area contributed by atoms with Crippen LogP contribution in [0.5, 0.6) is 5.75 Å². The number of aromatic amines is 1. The predicted octanol–water partition coefficient (Wildman–Crippen LogP) is 4.49. The summed E-state index contributed by atoms with van der Waals surface area (Å²) in [5.74, 6) is 0.449. The van der Waals surface area contributed by atoms with Crippen molar-refractivity contribution in [3.8, 4) is 5.75 Å². The quantitative estimate of drug-likeness (QED) is 0.654. The molecular formula is C24H25N3O3. The van der Waals surface area contributed by atoms with Crippen molar-refractivity contribution in [1.29, 1.82) is 0 Å². The van der Waals surface area contributed by atoms with E-state index in [0.29, 0.717) is 17.5 Å². The first-order chi connectivity index (χ1) is 14.4. The van der Waals surface area contributed by atoms with Gasteiger partial charge >= 0.3 is 0 Å². The number of amides is 2. The van der Waals surface area contributed by atoms with Gasteiger partial charge in [0, 0.05) is 23.4 Å². The van der Waals surface area contributed by atoms with Crippen LogP contribution in [0.2, 0.25) is 0 Å². The fourth-order valence-corrected chi connectivity index (χ4v) is 4.88. The summed E-state index contributed by atoms with van der Waals surface area (Å²) in [6.45, 7) is 6.31. The molecule has 2 unspecified atom stereocenters. The average molecular weight is 403 g/mol. The van der Waals surface area contributed by atoms with Crippen LogP contribution in [0.3, 0.4) is 0 Å². The Balaban J connectivity index is 1.42. The number of aryl methyl sites for hydroxylation is 1. The Morgan fingerprint density at radius 2 is 1.80 bits per heavy atom. The topological polar surface area (TPSA) is 75.3 Å². The lowest BCUT2D eigenvalue weighted by atomic mass is 9.71. The molecule has 2 aromatic carbocycles. The second-order valence-electron chi connectivity index (χ2n) is 9.06. The minimum Gasteiger partial charge on any atom is -0.490 e. The molecule has 0 bridgehead atoms. The van der Waals surface area contributed by atoms with Gasteiger partial charge in [0.25, 0.3) is 11.8 Å². The molecule has 2 heterocycles. The Labute approximate surface area is 175 Å². The molecule has 3 aromatic rings. The van der Waals surface area contributed by atoms with Crippen LogP contribution >= 0.6 is 0 Å². The van der Waals surface area contributed by atoms with Crippen LogP contribution in [-0.4, -0.2) is 39.1 Å². The molecular weight excluding hydrogens is 378 g/mol. The zero-order chi connectivity index (χ0) is 21.0. The van der Waals surface area contributed by atoms with Gasteiger partial charge in [0.15, 0.2) is 0 Å². The van der Waals surface area contributed by atoms with Crippen molar-refractivity contribution in [3.05, 3.63) is 59.3 Å². The van der Waals surface area contributed by atoms with Crippen molar-refractivity contribution in [2.45, 2.75) is 52.2 Å². The Bertz CT molecular complexity index is 1130. The van der Waals surface area contributed by atoms with E-state index >= 15 is 0 Å². The molecule has 6 heteroatoms. The molecule has 2 amide bonds. The molecule has 1 saturated carbocycles. The smallest absolute Gasteiger partial charge is 0.261 e. The zero-order valence-corrected chi connectivity index (χ0v) is 17.4. The molecule has 0 spiro atoms. The number of hydrogen-bond acceptors (Lipinski definition) is 4. The molecule has 1 fully saturated rings. The lowest BCUT2D eigenvalue weighted by Crippen LogP contribution is -2.53. The van der Waals surface area contributed by atoms with Crippen LogP contribution in [0, 0.1) is 12.3 Å². The predicted molar refractivity (Wildman–Crippen MR) is 114 cm³/mol. The first-order valence-electron chi connectivity index (χ1n) is 10.4. The summed E-state index contributed by atoms with van der Waals surface area (Å²) in [5, 5.41) is 8.13. The molecule has 154 valence electrons. The van der Waals surface area contributed by atoms with Crippen molar-refractivity contribution in [1.82, 2.24) is 15.1 Å². The van der Waals surface area contributed by atoms with Crippen molar-refractivity contribution in [3.63, 3.8) is 0 Å². The van der Waals surface area contributed by atoms with Crippen molar-refractivity contribution in [2.75, 3.05) is 0 Å². The fraction of sp³-hybridized carbons (Fsp3) is 0.375. The monoisotopic (exact) mass is 403 g/mol. The molecule has 2 atom stereocenters. The first-order valence-corrected chi connectivity index (χ1v) is 10.4. The standard InChI is InChI=1S/C24H25N3O3/c1-14-18-13-25-26-19(18)8-9-20(14)30-15-10-11-24(2,3)21(12-15)27-22(28)16-6-4-5-7-17(16)23(27)29/h4-9,13,15,21H,10-12H2,1-3H3,(H,25,26). The minimum atomic E-state index is -0.207. The molecule has 6 nitrogen and oxygen atoms in total. The van der Waals surface area contributed by atoms with E-state index in [2.05, 4.69) is 24.0 Å². The number of fused-ring (bicyclic) bond motifs is 2. The van der Waals surface area contributed by atoms with Gasteiger partial charge in [-0.25, -0.2) is 0 Å². The van der Waals surface area contributed by atoms with E-state index in [-0.39, 0.29) is 29.4 Å². The van der Waals surface area contributed by atoms with Crippen LogP contribution in [0.15, 0.2) is 42.6 Å². The Kier molecular flexibility index (Phi) is 4.20. The van der Waals surface area contributed by atoms with Crippen LogP contribution in [0.25, 0.3) is 10.9 Å². The summed E-state index contributed by atoms with van der Waals surface area (Å²) in [4.78, 5) is 27.6. The SMILES string of the molecule is Cc1c(OC2CCC(C)(C)C(N3C(=O)c4ccccc4C3=O)C2)ccc2[nH]ncc12. The van der Waals surface area contributed by atoms with E-state index < -0.39 is 0 Å². The maximum absolute atomic E-state index is 13.1. The lowest BCUT2D eigenvalue weighted by Gasteiger charge is -2.45. The molecule has 1 N–H and O–H groups in total. The lowest BCUT2D eigenvalue weighted by molar-refractivity contribution is 0.00708. The number of imide groups is 1. The number of carbonyl (C=O) groups is 2. The third kappa shape index (κ3) is 2.82. The summed E-state index contributed by atoms with van der Waals surface area (Å²) in [7, 11) is 0. The molecule has 0 radical (unpaired) electrons. The normalized spacial score (nSPS) is 23.1. The van der Waals surface area contributed by atoms with E-state index in [1.807, 2.05) is 25.3 Å². The van der Waals surface area contributed by atoms with Gasteiger partial charge in [-0.3, -0.25) is 19.6 Å². The summed E-state index contributed by atoms with van der Waals surface area (Å²) >= 11 is 0. The van der Waals surface area contributed by atoms with E-state index in [1.54, 1.807) is 24.3 Å². The number of H-pyrrole nitrogens is 1. The Hall–Kier alpha value is -3.15. The third-order valence-electron chi connectivity index (χ3n) is 6.77. The second-order valence-corrected chi connectivity index (χ2v) is 9.06. The second kappa shape index (κ2) is 6.69. The van der Waals surface area contributed by atoms with Gasteiger partial charge in [-0.15, -0.1) is 0 Å². The number of benzene rings is 2. The van der Waals surface area contributed by atoms with Crippen LogP contribution < -0.4 is 4.74 Å². The van der Waals surface area contributed by atoms with Gasteiger partial charge in [0.05, 0.1) is 22.8 Å². The maximum atomic E-state index is 13.1. The van der Waals surface area contributed by atoms with Crippen LogP contribution in [-0.2, 0) is 0 Å².